The van der Waals surface area contributed by atoms with Gasteiger partial charge in [0, 0.05) is 29.2 Å². The van der Waals surface area contributed by atoms with Crippen molar-refractivity contribution in [1.82, 2.24) is 5.32 Å². The van der Waals surface area contributed by atoms with Gasteiger partial charge in [0.1, 0.15) is 17.5 Å². The minimum Gasteiger partial charge on any atom is -0.306 e. The Kier molecular flexibility index (Phi) is 5.14. The molecule has 112 valence electrons. The molecule has 6 heteroatoms. The summed E-state index contributed by atoms with van der Waals surface area (Å²) in [5.41, 5.74) is 0.829. The molecule has 0 aliphatic rings. The van der Waals surface area contributed by atoms with Crippen LogP contribution in [0.4, 0.5) is 13.2 Å². The molecule has 2 aromatic carbocycles. The average Bonchev–Trinajstić information content (AvgIpc) is 2.41. The lowest BCUT2D eigenvalue weighted by molar-refractivity contribution is 0.531. The van der Waals surface area contributed by atoms with Crippen molar-refractivity contribution in [2.45, 2.75) is 19.5 Å². The lowest BCUT2D eigenvalue weighted by Crippen LogP contribution is -2.19. The molecular weight excluding hydrogens is 322 g/mol. The van der Waals surface area contributed by atoms with Crippen LogP contribution < -0.4 is 5.32 Å². The van der Waals surface area contributed by atoms with E-state index >= 15 is 0 Å². The maximum absolute atomic E-state index is 13.5. The number of benzene rings is 2. The van der Waals surface area contributed by atoms with Crippen LogP contribution in [0.25, 0.3) is 0 Å². The van der Waals surface area contributed by atoms with E-state index in [0.29, 0.717) is 16.1 Å². The molecule has 1 atom stereocenters. The van der Waals surface area contributed by atoms with Gasteiger partial charge >= 0.3 is 0 Å². The van der Waals surface area contributed by atoms with Crippen molar-refractivity contribution in [3.05, 3.63) is 69.0 Å². The number of halogens is 5. The van der Waals surface area contributed by atoms with E-state index in [1.807, 2.05) is 0 Å². The third-order valence-corrected chi connectivity index (χ3v) is 3.74. The summed E-state index contributed by atoms with van der Waals surface area (Å²) in [7, 11) is 0. The molecule has 2 aromatic rings. The average molecular weight is 334 g/mol. The van der Waals surface area contributed by atoms with Gasteiger partial charge in [0.15, 0.2) is 0 Å². The normalized spacial score (nSPS) is 12.5. The fourth-order valence-corrected chi connectivity index (χ4v) is 2.45. The SMILES string of the molecule is CC(NCc1ccc(F)cc1F)c1cc(F)c(Cl)cc1Cl. The highest BCUT2D eigenvalue weighted by Gasteiger charge is 2.14. The van der Waals surface area contributed by atoms with Crippen LogP contribution in [-0.2, 0) is 6.54 Å². The molecule has 2 rings (SSSR count). The molecule has 0 saturated carbocycles. The lowest BCUT2D eigenvalue weighted by Gasteiger charge is -2.16. The molecule has 21 heavy (non-hydrogen) atoms. The Labute approximate surface area is 130 Å². The molecular formula is C15H12Cl2F3N. The van der Waals surface area contributed by atoms with Crippen LogP contribution in [0.3, 0.4) is 0 Å². The van der Waals surface area contributed by atoms with Crippen LogP contribution in [0, 0.1) is 17.5 Å². The Balaban J connectivity index is 2.11. The van der Waals surface area contributed by atoms with Gasteiger partial charge < -0.3 is 5.32 Å². The van der Waals surface area contributed by atoms with Crippen molar-refractivity contribution in [2.24, 2.45) is 0 Å². The summed E-state index contributed by atoms with van der Waals surface area (Å²) in [6, 6.07) is 5.59. The first-order chi connectivity index (χ1) is 9.88. The first-order valence-corrected chi connectivity index (χ1v) is 6.96. The molecule has 0 radical (unpaired) electrons. The highest BCUT2D eigenvalue weighted by atomic mass is 35.5. The third kappa shape index (κ3) is 3.90. The molecule has 0 aliphatic heterocycles. The molecule has 0 amide bonds. The smallest absolute Gasteiger partial charge is 0.142 e. The van der Waals surface area contributed by atoms with E-state index in [9.17, 15) is 13.2 Å². The zero-order chi connectivity index (χ0) is 15.6. The van der Waals surface area contributed by atoms with Crippen molar-refractivity contribution < 1.29 is 13.2 Å². The van der Waals surface area contributed by atoms with Gasteiger partial charge in [-0.25, -0.2) is 13.2 Å². The zero-order valence-corrected chi connectivity index (χ0v) is 12.6. The Morgan fingerprint density at radius 3 is 2.38 bits per heavy atom. The second-order valence-corrected chi connectivity index (χ2v) is 5.44. The highest BCUT2D eigenvalue weighted by molar-refractivity contribution is 6.35. The second kappa shape index (κ2) is 6.69. The fraction of sp³-hybridized carbons (Fsp3) is 0.200. The van der Waals surface area contributed by atoms with Crippen LogP contribution in [0.2, 0.25) is 10.0 Å². The zero-order valence-electron chi connectivity index (χ0n) is 11.1. The molecule has 0 saturated heterocycles. The monoisotopic (exact) mass is 333 g/mol. The Morgan fingerprint density at radius 1 is 1.00 bits per heavy atom. The molecule has 0 bridgehead atoms. The van der Waals surface area contributed by atoms with Crippen molar-refractivity contribution in [1.29, 1.82) is 0 Å². The topological polar surface area (TPSA) is 12.0 Å². The predicted molar refractivity (Wildman–Crippen MR) is 78.0 cm³/mol. The largest absolute Gasteiger partial charge is 0.306 e. The standard InChI is InChI=1S/C15H12Cl2F3N/c1-8(11-5-15(20)13(17)6-12(11)16)21-7-9-2-3-10(18)4-14(9)19/h2-6,8,21H,7H2,1H3. The van der Waals surface area contributed by atoms with E-state index in [1.54, 1.807) is 6.92 Å². The summed E-state index contributed by atoms with van der Waals surface area (Å²) in [6.07, 6.45) is 0. The van der Waals surface area contributed by atoms with E-state index in [-0.39, 0.29) is 17.6 Å². The van der Waals surface area contributed by atoms with Gasteiger partial charge in [0.25, 0.3) is 0 Å². The highest BCUT2D eigenvalue weighted by Crippen LogP contribution is 2.28. The van der Waals surface area contributed by atoms with E-state index in [1.165, 1.54) is 24.3 Å². The summed E-state index contributed by atoms with van der Waals surface area (Å²) in [6.45, 7) is 1.92. The quantitative estimate of drug-likeness (QED) is 0.752. The van der Waals surface area contributed by atoms with Gasteiger partial charge in [-0.2, -0.15) is 0 Å². The van der Waals surface area contributed by atoms with Gasteiger partial charge in [0.2, 0.25) is 0 Å². The van der Waals surface area contributed by atoms with Crippen molar-refractivity contribution in [3.8, 4) is 0 Å². The van der Waals surface area contributed by atoms with Gasteiger partial charge in [-0.3, -0.25) is 0 Å². The van der Waals surface area contributed by atoms with Crippen LogP contribution >= 0.6 is 23.2 Å². The van der Waals surface area contributed by atoms with Crippen LogP contribution in [0.5, 0.6) is 0 Å². The fourth-order valence-electron chi connectivity index (χ4n) is 1.91. The van der Waals surface area contributed by atoms with Gasteiger partial charge in [-0.15, -0.1) is 0 Å². The van der Waals surface area contributed by atoms with Gasteiger partial charge in [-0.1, -0.05) is 29.3 Å². The first kappa shape index (κ1) is 16.1. The minimum absolute atomic E-state index is 0.0551. The molecule has 1 N–H and O–H groups in total. The summed E-state index contributed by atoms with van der Waals surface area (Å²) >= 11 is 11.6. The molecule has 0 spiro atoms. The third-order valence-electron chi connectivity index (χ3n) is 3.12. The number of nitrogens with one attached hydrogen (secondary N) is 1. The first-order valence-electron chi connectivity index (χ1n) is 6.20. The summed E-state index contributed by atoms with van der Waals surface area (Å²) in [5.74, 6) is -1.84. The molecule has 1 unspecified atom stereocenters. The van der Waals surface area contributed by atoms with Gasteiger partial charge in [0.05, 0.1) is 5.02 Å². The summed E-state index contributed by atoms with van der Waals surface area (Å²) in [5, 5.41) is 3.27. The van der Waals surface area contributed by atoms with E-state index < -0.39 is 17.5 Å². The van der Waals surface area contributed by atoms with Crippen LogP contribution in [0.1, 0.15) is 24.1 Å². The van der Waals surface area contributed by atoms with E-state index in [4.69, 9.17) is 23.2 Å². The van der Waals surface area contributed by atoms with E-state index in [0.717, 1.165) is 6.07 Å². The lowest BCUT2D eigenvalue weighted by atomic mass is 10.1. The summed E-state index contributed by atoms with van der Waals surface area (Å²) < 4.78 is 39.8. The Morgan fingerprint density at radius 2 is 1.71 bits per heavy atom. The minimum atomic E-state index is -0.636. The maximum atomic E-state index is 13.5. The Bertz CT molecular complexity index is 662. The van der Waals surface area contributed by atoms with Crippen LogP contribution in [-0.4, -0.2) is 0 Å². The van der Waals surface area contributed by atoms with E-state index in [2.05, 4.69) is 5.32 Å². The Hall–Kier alpha value is -1.23. The number of hydrogen-bond donors (Lipinski definition) is 1. The molecule has 0 fully saturated rings. The van der Waals surface area contributed by atoms with Crippen molar-refractivity contribution in [3.63, 3.8) is 0 Å². The van der Waals surface area contributed by atoms with Crippen LogP contribution in [0.15, 0.2) is 30.3 Å². The molecule has 0 aliphatic carbocycles. The molecule has 1 nitrogen and oxygen atoms in total. The number of rotatable bonds is 4. The predicted octanol–water partition coefficient (Wildman–Crippen LogP) is 5.26. The van der Waals surface area contributed by atoms with Crippen molar-refractivity contribution >= 4 is 23.2 Å². The van der Waals surface area contributed by atoms with Crippen molar-refractivity contribution in [2.75, 3.05) is 0 Å². The molecule has 0 heterocycles. The second-order valence-electron chi connectivity index (χ2n) is 4.63. The van der Waals surface area contributed by atoms with Gasteiger partial charge in [-0.05, 0) is 30.7 Å². The summed E-state index contributed by atoms with van der Waals surface area (Å²) in [4.78, 5) is 0. The molecule has 0 aromatic heterocycles. The maximum Gasteiger partial charge on any atom is 0.142 e. The number of hydrogen-bond acceptors (Lipinski definition) is 1.